The van der Waals surface area contributed by atoms with Gasteiger partial charge in [0.05, 0.1) is 17.1 Å². The van der Waals surface area contributed by atoms with Crippen LogP contribution >= 0.6 is 0 Å². The molecule has 0 bridgehead atoms. The van der Waals surface area contributed by atoms with Crippen LogP contribution in [0.15, 0.2) is 71.6 Å². The van der Waals surface area contributed by atoms with Crippen molar-refractivity contribution in [2.24, 2.45) is 0 Å². The van der Waals surface area contributed by atoms with Gasteiger partial charge in [0, 0.05) is 43.5 Å². The second-order valence-corrected chi connectivity index (χ2v) is 12.4. The maximum atomic E-state index is 14.9. The van der Waals surface area contributed by atoms with Gasteiger partial charge in [-0.05, 0) is 42.2 Å². The second-order valence-electron chi connectivity index (χ2n) is 10.5. The summed E-state index contributed by atoms with van der Waals surface area (Å²) in [5.74, 6) is -0.924. The Kier molecular flexibility index (Phi) is 10.4. The van der Waals surface area contributed by atoms with Gasteiger partial charge in [-0.25, -0.2) is 12.8 Å². The minimum absolute atomic E-state index is 0.0277. The normalized spacial score (nSPS) is 12.6. The van der Waals surface area contributed by atoms with Gasteiger partial charge in [0.1, 0.15) is 11.6 Å². The van der Waals surface area contributed by atoms with E-state index >= 15 is 0 Å². The van der Waals surface area contributed by atoms with Crippen molar-refractivity contribution in [1.82, 2.24) is 4.90 Å². The van der Waals surface area contributed by atoms with E-state index in [0.29, 0.717) is 30.8 Å². The number of benzene rings is 3. The molecule has 1 N–H and O–H groups in total. The molecule has 0 radical (unpaired) electrons. The number of halogens is 4. The van der Waals surface area contributed by atoms with Crippen molar-refractivity contribution in [2.45, 2.75) is 49.7 Å². The van der Waals surface area contributed by atoms with Gasteiger partial charge < -0.3 is 9.84 Å². The topological polar surface area (TPSA) is 66.8 Å². The van der Waals surface area contributed by atoms with Crippen LogP contribution < -0.4 is 4.74 Å². The molecule has 0 aliphatic heterocycles. The Morgan fingerprint density at radius 3 is 2.27 bits per heavy atom. The van der Waals surface area contributed by atoms with Crippen LogP contribution in [0, 0.1) is 5.82 Å². The second kappa shape index (κ2) is 13.1. The highest BCUT2D eigenvalue weighted by Gasteiger charge is 2.35. The van der Waals surface area contributed by atoms with Gasteiger partial charge >= 0.3 is 6.18 Å². The fraction of sp³-hybridized carbons (Fsp3) is 0.400. The molecule has 0 aliphatic carbocycles. The third-order valence-electron chi connectivity index (χ3n) is 6.66. The smallest absolute Gasteiger partial charge is 0.419 e. The molecule has 0 unspecified atom stereocenters. The van der Waals surface area contributed by atoms with Crippen LogP contribution in [-0.4, -0.2) is 51.0 Å². The summed E-state index contributed by atoms with van der Waals surface area (Å²) in [7, 11) is -3.54. The number of hydrogen-bond donors (Lipinski definition) is 1. The molecule has 0 spiro atoms. The van der Waals surface area contributed by atoms with Crippen molar-refractivity contribution < 1.29 is 35.8 Å². The van der Waals surface area contributed by atoms with E-state index in [0.717, 1.165) is 17.9 Å². The number of aliphatic hydroxyl groups excluding tert-OH is 1. The zero-order chi connectivity index (χ0) is 29.6. The zero-order valence-corrected chi connectivity index (χ0v) is 23.7. The first-order valence-electron chi connectivity index (χ1n) is 12.9. The van der Waals surface area contributed by atoms with Crippen molar-refractivity contribution in [3.05, 3.63) is 94.8 Å². The van der Waals surface area contributed by atoms with Crippen LogP contribution in [0.3, 0.4) is 0 Å². The van der Waals surface area contributed by atoms with E-state index in [4.69, 9.17) is 4.74 Å². The molecule has 0 aromatic heterocycles. The highest BCUT2D eigenvalue weighted by atomic mass is 32.2. The van der Waals surface area contributed by atoms with Gasteiger partial charge in [-0.15, -0.1) is 0 Å². The molecule has 218 valence electrons. The molecule has 3 aromatic carbocycles. The first kappa shape index (κ1) is 31.6. The molecule has 5 nitrogen and oxygen atoms in total. The number of hydrogen-bond acceptors (Lipinski definition) is 5. The van der Waals surface area contributed by atoms with Crippen molar-refractivity contribution in [3.63, 3.8) is 0 Å². The van der Waals surface area contributed by atoms with Gasteiger partial charge in [-0.2, -0.15) is 13.2 Å². The number of nitrogens with zero attached hydrogens (tertiary/aromatic N) is 1. The average molecular weight is 582 g/mol. The van der Waals surface area contributed by atoms with Gasteiger partial charge in [0.15, 0.2) is 9.84 Å². The van der Waals surface area contributed by atoms with Crippen LogP contribution in [0.5, 0.6) is 5.75 Å². The third-order valence-corrected chi connectivity index (χ3v) is 7.84. The van der Waals surface area contributed by atoms with E-state index in [1.807, 2.05) is 49.1 Å². The number of sulfone groups is 1. The molecule has 0 heterocycles. The van der Waals surface area contributed by atoms with E-state index in [2.05, 4.69) is 0 Å². The lowest BCUT2D eigenvalue weighted by molar-refractivity contribution is -0.140. The van der Waals surface area contributed by atoms with Crippen molar-refractivity contribution in [2.75, 3.05) is 32.6 Å². The predicted octanol–water partition coefficient (Wildman–Crippen LogP) is 6.03. The number of rotatable bonds is 13. The Morgan fingerprint density at radius 1 is 0.950 bits per heavy atom. The summed E-state index contributed by atoms with van der Waals surface area (Å²) in [5.41, 5.74) is -0.182. The van der Waals surface area contributed by atoms with Crippen molar-refractivity contribution in [3.8, 4) is 5.75 Å². The largest absolute Gasteiger partial charge is 0.494 e. The van der Waals surface area contributed by atoms with E-state index in [9.17, 15) is 31.1 Å². The van der Waals surface area contributed by atoms with Crippen LogP contribution in [0.25, 0.3) is 0 Å². The predicted molar refractivity (Wildman–Crippen MR) is 147 cm³/mol. The summed E-state index contributed by atoms with van der Waals surface area (Å²) in [4.78, 5) is 1.99. The molecule has 0 amide bonds. The molecule has 0 saturated heterocycles. The third kappa shape index (κ3) is 8.52. The highest BCUT2D eigenvalue weighted by molar-refractivity contribution is 7.90. The molecular weight excluding hydrogens is 546 g/mol. The Labute approximate surface area is 233 Å². The minimum atomic E-state index is -4.79. The molecule has 40 heavy (non-hydrogen) atoms. The Morgan fingerprint density at radius 2 is 1.65 bits per heavy atom. The molecular formula is C30H35F4NO4S. The summed E-state index contributed by atoms with van der Waals surface area (Å²) in [5, 5.41) is 9.23. The summed E-state index contributed by atoms with van der Waals surface area (Å²) >= 11 is 0. The fourth-order valence-electron chi connectivity index (χ4n) is 4.69. The van der Waals surface area contributed by atoms with E-state index in [-0.39, 0.29) is 42.1 Å². The van der Waals surface area contributed by atoms with Crippen LogP contribution in [0.1, 0.15) is 42.5 Å². The fourth-order valence-corrected chi connectivity index (χ4v) is 5.67. The summed E-state index contributed by atoms with van der Waals surface area (Å²) in [6.07, 6.45) is -3.05. The van der Waals surface area contributed by atoms with Crippen LogP contribution in [0.4, 0.5) is 17.6 Å². The quantitative estimate of drug-likeness (QED) is 0.197. The zero-order valence-electron chi connectivity index (χ0n) is 22.8. The SMILES string of the molecule is CC(C)(CN(CCCOc1ccc(CCO)c(S(C)(=O)=O)c1)Cc1cccc(C(F)(F)F)c1F)c1ccccc1. The molecule has 0 fully saturated rings. The molecule has 3 aromatic rings. The molecule has 0 atom stereocenters. The Hall–Kier alpha value is -2.95. The highest BCUT2D eigenvalue weighted by Crippen LogP contribution is 2.33. The first-order valence-corrected chi connectivity index (χ1v) is 14.8. The molecule has 0 aliphatic rings. The maximum absolute atomic E-state index is 14.9. The van der Waals surface area contributed by atoms with Gasteiger partial charge in [0.25, 0.3) is 0 Å². The average Bonchev–Trinajstić information content (AvgIpc) is 2.87. The first-order chi connectivity index (χ1) is 18.7. The van der Waals surface area contributed by atoms with Crippen LogP contribution in [0.2, 0.25) is 0 Å². The number of ether oxygens (including phenoxy) is 1. The summed E-state index contributed by atoms with van der Waals surface area (Å²) in [6.45, 7) is 4.87. The Balaban J connectivity index is 1.77. The lowest BCUT2D eigenvalue weighted by Gasteiger charge is -2.33. The molecule has 0 saturated carbocycles. The Bertz CT molecular complexity index is 1380. The molecule has 3 rings (SSSR count). The van der Waals surface area contributed by atoms with Crippen molar-refractivity contribution in [1.29, 1.82) is 0 Å². The summed E-state index contributed by atoms with van der Waals surface area (Å²) in [6, 6.07) is 17.7. The monoisotopic (exact) mass is 581 g/mol. The van der Waals surface area contributed by atoms with Gasteiger partial charge in [-0.1, -0.05) is 62.4 Å². The minimum Gasteiger partial charge on any atom is -0.494 e. The van der Waals surface area contributed by atoms with E-state index in [1.54, 1.807) is 12.1 Å². The van der Waals surface area contributed by atoms with Crippen LogP contribution in [-0.2, 0) is 34.4 Å². The lowest BCUT2D eigenvalue weighted by atomic mass is 9.84. The maximum Gasteiger partial charge on any atom is 0.419 e. The lowest BCUT2D eigenvalue weighted by Crippen LogP contribution is -2.38. The van der Waals surface area contributed by atoms with Gasteiger partial charge in [0.2, 0.25) is 0 Å². The standard InChI is InChI=1S/C30H35F4NO4S/c1-29(2,24-10-5-4-6-11-24)21-35(20-23-9-7-12-26(28(23)31)30(32,33)34)16-8-18-39-25-14-13-22(15-17-36)27(19-25)40(3,37)38/h4-7,9-14,19,36H,8,15-18,20-21H2,1-3H3. The van der Waals surface area contributed by atoms with Crippen molar-refractivity contribution >= 4 is 9.84 Å². The van der Waals surface area contributed by atoms with Gasteiger partial charge in [-0.3, -0.25) is 4.90 Å². The van der Waals surface area contributed by atoms with E-state index < -0.39 is 27.4 Å². The number of aliphatic hydroxyl groups is 1. The number of alkyl halides is 3. The molecule has 10 heteroatoms. The summed E-state index contributed by atoms with van der Waals surface area (Å²) < 4.78 is 85.0. The van der Waals surface area contributed by atoms with E-state index in [1.165, 1.54) is 18.2 Å².